The first-order valence-corrected chi connectivity index (χ1v) is 7.63. The maximum Gasteiger partial charge on any atom is 0.416 e. The molecule has 0 aliphatic heterocycles. The Bertz CT molecular complexity index is 912. The lowest BCUT2D eigenvalue weighted by molar-refractivity contribution is -0.137. The SMILES string of the molecule is CC(C)c1nc2ccc(NC(=O)c3ccc(C(F)(F)F)cc3)cc2o1. The molecule has 1 amide bonds. The van der Waals surface area contributed by atoms with Gasteiger partial charge in [0.05, 0.1) is 5.56 Å². The molecule has 0 atom stereocenters. The molecular formula is C18H15F3N2O2. The topological polar surface area (TPSA) is 55.1 Å². The fraction of sp³-hybridized carbons (Fsp3) is 0.222. The van der Waals surface area contributed by atoms with Crippen LogP contribution in [-0.4, -0.2) is 10.9 Å². The Labute approximate surface area is 141 Å². The van der Waals surface area contributed by atoms with E-state index >= 15 is 0 Å². The lowest BCUT2D eigenvalue weighted by atomic mass is 10.1. The van der Waals surface area contributed by atoms with Crippen molar-refractivity contribution in [2.24, 2.45) is 0 Å². The van der Waals surface area contributed by atoms with Gasteiger partial charge in [0.2, 0.25) is 0 Å². The predicted molar refractivity (Wildman–Crippen MR) is 87.5 cm³/mol. The molecule has 0 unspecified atom stereocenters. The molecule has 3 rings (SSSR count). The molecule has 0 radical (unpaired) electrons. The second-order valence-electron chi connectivity index (χ2n) is 5.92. The van der Waals surface area contributed by atoms with Gasteiger partial charge in [-0.3, -0.25) is 4.79 Å². The lowest BCUT2D eigenvalue weighted by Crippen LogP contribution is -2.12. The van der Waals surface area contributed by atoms with E-state index in [0.29, 0.717) is 22.7 Å². The molecule has 7 heteroatoms. The summed E-state index contributed by atoms with van der Waals surface area (Å²) in [5, 5.41) is 2.64. The van der Waals surface area contributed by atoms with E-state index in [4.69, 9.17) is 4.42 Å². The van der Waals surface area contributed by atoms with Crippen LogP contribution in [0.5, 0.6) is 0 Å². The first-order valence-electron chi connectivity index (χ1n) is 7.63. The highest BCUT2D eigenvalue weighted by Crippen LogP contribution is 2.29. The highest BCUT2D eigenvalue weighted by molar-refractivity contribution is 6.04. The van der Waals surface area contributed by atoms with Crippen molar-refractivity contribution in [1.82, 2.24) is 4.98 Å². The molecular weight excluding hydrogens is 333 g/mol. The zero-order chi connectivity index (χ0) is 18.2. The van der Waals surface area contributed by atoms with Crippen LogP contribution in [0.4, 0.5) is 18.9 Å². The molecule has 2 aromatic carbocycles. The predicted octanol–water partition coefficient (Wildman–Crippen LogP) is 5.22. The standard InChI is InChI=1S/C18H15F3N2O2/c1-10(2)17-23-14-8-7-13(9-15(14)25-17)22-16(24)11-3-5-12(6-4-11)18(19,20)21/h3-10H,1-2H3,(H,22,24). The number of nitrogens with one attached hydrogen (secondary N) is 1. The number of alkyl halides is 3. The molecule has 0 spiro atoms. The molecule has 1 heterocycles. The molecule has 1 aromatic heterocycles. The van der Waals surface area contributed by atoms with Crippen LogP contribution >= 0.6 is 0 Å². The number of halogens is 3. The summed E-state index contributed by atoms with van der Waals surface area (Å²) < 4.78 is 43.3. The van der Waals surface area contributed by atoms with Crippen LogP contribution in [0.15, 0.2) is 46.9 Å². The lowest BCUT2D eigenvalue weighted by Gasteiger charge is -2.08. The maximum absolute atomic E-state index is 12.6. The molecule has 0 fully saturated rings. The van der Waals surface area contributed by atoms with Crippen LogP contribution in [0.2, 0.25) is 0 Å². The molecule has 0 saturated heterocycles. The third-order valence-corrected chi connectivity index (χ3v) is 3.63. The first-order chi connectivity index (χ1) is 11.7. The van der Waals surface area contributed by atoms with Gasteiger partial charge in [-0.2, -0.15) is 13.2 Å². The minimum Gasteiger partial charge on any atom is -0.440 e. The van der Waals surface area contributed by atoms with E-state index in [-0.39, 0.29) is 11.5 Å². The van der Waals surface area contributed by atoms with Gasteiger partial charge in [-0.1, -0.05) is 13.8 Å². The number of oxazole rings is 1. The number of nitrogens with zero attached hydrogens (tertiary/aromatic N) is 1. The molecule has 4 nitrogen and oxygen atoms in total. The number of benzene rings is 2. The zero-order valence-corrected chi connectivity index (χ0v) is 13.5. The molecule has 130 valence electrons. The highest BCUT2D eigenvalue weighted by Gasteiger charge is 2.30. The Morgan fingerprint density at radius 1 is 1.12 bits per heavy atom. The highest BCUT2D eigenvalue weighted by atomic mass is 19.4. The van der Waals surface area contributed by atoms with Gasteiger partial charge in [-0.05, 0) is 36.4 Å². The number of hydrogen-bond acceptors (Lipinski definition) is 3. The number of amides is 1. The number of carbonyl (C=O) groups excluding carboxylic acids is 1. The van der Waals surface area contributed by atoms with E-state index in [1.807, 2.05) is 13.8 Å². The maximum atomic E-state index is 12.6. The monoisotopic (exact) mass is 348 g/mol. The largest absolute Gasteiger partial charge is 0.440 e. The number of hydrogen-bond donors (Lipinski definition) is 1. The summed E-state index contributed by atoms with van der Waals surface area (Å²) in [7, 11) is 0. The minimum absolute atomic E-state index is 0.133. The van der Waals surface area contributed by atoms with Gasteiger partial charge in [-0.25, -0.2) is 4.98 Å². The Kier molecular flexibility index (Phi) is 4.24. The quantitative estimate of drug-likeness (QED) is 0.706. The van der Waals surface area contributed by atoms with Crippen molar-refractivity contribution >= 4 is 22.7 Å². The van der Waals surface area contributed by atoms with E-state index in [9.17, 15) is 18.0 Å². The van der Waals surface area contributed by atoms with Crippen molar-refractivity contribution in [3.63, 3.8) is 0 Å². The third kappa shape index (κ3) is 3.65. The summed E-state index contributed by atoms with van der Waals surface area (Å²) in [5.74, 6) is 0.232. The van der Waals surface area contributed by atoms with Crippen molar-refractivity contribution in [3.05, 3.63) is 59.5 Å². The Hall–Kier alpha value is -2.83. The molecule has 0 saturated carbocycles. The van der Waals surface area contributed by atoms with Crippen LogP contribution in [0.3, 0.4) is 0 Å². The average molecular weight is 348 g/mol. The zero-order valence-electron chi connectivity index (χ0n) is 13.5. The second kappa shape index (κ2) is 6.23. The van der Waals surface area contributed by atoms with Crippen LogP contribution in [0, 0.1) is 0 Å². The average Bonchev–Trinajstić information content (AvgIpc) is 2.98. The van der Waals surface area contributed by atoms with Gasteiger partial charge < -0.3 is 9.73 Å². The van der Waals surface area contributed by atoms with E-state index in [2.05, 4.69) is 10.3 Å². The number of rotatable bonds is 3. The fourth-order valence-corrected chi connectivity index (χ4v) is 2.28. The molecule has 0 bridgehead atoms. The molecule has 0 aliphatic rings. The van der Waals surface area contributed by atoms with Crippen molar-refractivity contribution in [1.29, 1.82) is 0 Å². The van der Waals surface area contributed by atoms with Crippen molar-refractivity contribution in [2.75, 3.05) is 5.32 Å². The van der Waals surface area contributed by atoms with Crippen molar-refractivity contribution in [2.45, 2.75) is 25.9 Å². The summed E-state index contributed by atoms with van der Waals surface area (Å²) in [6.45, 7) is 3.91. The summed E-state index contributed by atoms with van der Waals surface area (Å²) in [6.07, 6.45) is -4.43. The summed E-state index contributed by atoms with van der Waals surface area (Å²) in [4.78, 5) is 16.5. The molecule has 0 aliphatic carbocycles. The number of carbonyl (C=O) groups is 1. The van der Waals surface area contributed by atoms with E-state index in [1.165, 1.54) is 0 Å². The first kappa shape index (κ1) is 17.0. The van der Waals surface area contributed by atoms with Gasteiger partial charge >= 0.3 is 6.18 Å². The Morgan fingerprint density at radius 3 is 2.40 bits per heavy atom. The van der Waals surface area contributed by atoms with Gasteiger partial charge in [0.25, 0.3) is 5.91 Å². The minimum atomic E-state index is -4.43. The van der Waals surface area contributed by atoms with Gasteiger partial charge in [-0.15, -0.1) is 0 Å². The van der Waals surface area contributed by atoms with Crippen molar-refractivity contribution in [3.8, 4) is 0 Å². The molecule has 1 N–H and O–H groups in total. The number of aromatic nitrogens is 1. The third-order valence-electron chi connectivity index (χ3n) is 3.63. The fourth-order valence-electron chi connectivity index (χ4n) is 2.28. The molecule has 25 heavy (non-hydrogen) atoms. The van der Waals surface area contributed by atoms with Crippen LogP contribution in [0.25, 0.3) is 11.1 Å². The van der Waals surface area contributed by atoms with Crippen LogP contribution in [-0.2, 0) is 6.18 Å². The summed E-state index contributed by atoms with van der Waals surface area (Å²) in [6, 6.07) is 9.05. The number of anilines is 1. The normalized spacial score (nSPS) is 11.9. The van der Waals surface area contributed by atoms with E-state index < -0.39 is 17.6 Å². The summed E-state index contributed by atoms with van der Waals surface area (Å²) >= 11 is 0. The number of fused-ring (bicyclic) bond motifs is 1. The van der Waals surface area contributed by atoms with E-state index in [0.717, 1.165) is 24.3 Å². The van der Waals surface area contributed by atoms with Crippen molar-refractivity contribution < 1.29 is 22.4 Å². The smallest absolute Gasteiger partial charge is 0.416 e. The van der Waals surface area contributed by atoms with Crippen LogP contribution < -0.4 is 5.32 Å². The Morgan fingerprint density at radius 2 is 1.80 bits per heavy atom. The van der Waals surface area contributed by atoms with Gasteiger partial charge in [0.15, 0.2) is 11.5 Å². The van der Waals surface area contributed by atoms with Crippen LogP contribution in [0.1, 0.15) is 41.6 Å². The second-order valence-corrected chi connectivity index (χ2v) is 5.92. The van der Waals surface area contributed by atoms with E-state index in [1.54, 1.807) is 18.2 Å². The summed E-state index contributed by atoms with van der Waals surface area (Å²) in [5.41, 5.74) is 1.02. The molecule has 3 aromatic rings. The van der Waals surface area contributed by atoms with Gasteiger partial charge in [0.1, 0.15) is 5.52 Å². The Balaban J connectivity index is 1.79. The van der Waals surface area contributed by atoms with Gasteiger partial charge in [0, 0.05) is 23.2 Å².